The zero-order chi connectivity index (χ0) is 20.2. The van der Waals surface area contributed by atoms with Crippen molar-refractivity contribution in [3.63, 3.8) is 0 Å². The van der Waals surface area contributed by atoms with E-state index in [9.17, 15) is 9.59 Å². The number of rotatable bonds is 6. The van der Waals surface area contributed by atoms with E-state index in [2.05, 4.69) is 12.2 Å². The first-order valence-electron chi connectivity index (χ1n) is 9.98. The fourth-order valence-electron chi connectivity index (χ4n) is 3.80. The number of carbonyl (C=O) groups is 2. The molecule has 1 aliphatic rings. The maximum atomic E-state index is 13.3. The lowest BCUT2D eigenvalue weighted by Crippen LogP contribution is -2.45. The number of nitrogens with zero attached hydrogens (tertiary/aromatic N) is 1. The van der Waals surface area contributed by atoms with Crippen LogP contribution in [-0.4, -0.2) is 22.8 Å². The Morgan fingerprint density at radius 3 is 2.45 bits per heavy atom. The van der Waals surface area contributed by atoms with Gasteiger partial charge in [0.2, 0.25) is 5.91 Å². The molecule has 4 rings (SSSR count). The molecule has 0 aliphatic carbocycles. The summed E-state index contributed by atoms with van der Waals surface area (Å²) in [6, 6.07) is 24.7. The van der Waals surface area contributed by atoms with Crippen molar-refractivity contribution in [2.24, 2.45) is 0 Å². The maximum Gasteiger partial charge on any atom is 0.255 e. The number of carbonyl (C=O) groups excluding carboxylic acids is 2. The SMILES string of the molecule is CCc1cccc(NC(=O)[C@@H](Cc2ccccc2)N2Cc3ccccc3C2=O)c1. The summed E-state index contributed by atoms with van der Waals surface area (Å²) in [4.78, 5) is 28.0. The first kappa shape index (κ1) is 18.9. The second-order valence-corrected chi connectivity index (χ2v) is 7.34. The molecule has 1 N–H and O–H groups in total. The number of hydrogen-bond acceptors (Lipinski definition) is 2. The van der Waals surface area contributed by atoms with Gasteiger partial charge in [-0.05, 0) is 41.3 Å². The van der Waals surface area contributed by atoms with Gasteiger partial charge in [-0.25, -0.2) is 0 Å². The Hall–Kier alpha value is -3.40. The third kappa shape index (κ3) is 4.06. The minimum absolute atomic E-state index is 0.0843. The van der Waals surface area contributed by atoms with Crippen LogP contribution in [0.1, 0.15) is 34.0 Å². The number of benzene rings is 3. The minimum Gasteiger partial charge on any atom is -0.324 e. The molecule has 0 saturated heterocycles. The molecule has 1 heterocycles. The Morgan fingerprint density at radius 2 is 1.69 bits per heavy atom. The lowest BCUT2D eigenvalue weighted by molar-refractivity contribution is -0.120. The smallest absolute Gasteiger partial charge is 0.255 e. The van der Waals surface area contributed by atoms with Crippen LogP contribution in [-0.2, 0) is 24.2 Å². The fraction of sp³-hybridized carbons (Fsp3) is 0.200. The van der Waals surface area contributed by atoms with E-state index in [4.69, 9.17) is 0 Å². The van der Waals surface area contributed by atoms with Gasteiger partial charge in [0.1, 0.15) is 6.04 Å². The van der Waals surface area contributed by atoms with E-state index in [-0.39, 0.29) is 11.8 Å². The minimum atomic E-state index is -0.581. The number of hydrogen-bond donors (Lipinski definition) is 1. The van der Waals surface area contributed by atoms with Crippen molar-refractivity contribution >= 4 is 17.5 Å². The van der Waals surface area contributed by atoms with Crippen LogP contribution in [0, 0.1) is 0 Å². The molecule has 146 valence electrons. The maximum absolute atomic E-state index is 13.3. The quantitative estimate of drug-likeness (QED) is 0.682. The summed E-state index contributed by atoms with van der Waals surface area (Å²) in [5.74, 6) is -0.248. The van der Waals surface area contributed by atoms with E-state index >= 15 is 0 Å². The van der Waals surface area contributed by atoms with Crippen molar-refractivity contribution in [3.8, 4) is 0 Å². The number of nitrogens with one attached hydrogen (secondary N) is 1. The molecule has 0 aromatic heterocycles. The molecule has 1 aliphatic heterocycles. The van der Waals surface area contributed by atoms with Crippen LogP contribution in [0.25, 0.3) is 0 Å². The largest absolute Gasteiger partial charge is 0.324 e. The van der Waals surface area contributed by atoms with Gasteiger partial charge in [-0.2, -0.15) is 0 Å². The highest BCUT2D eigenvalue weighted by Crippen LogP contribution is 2.26. The van der Waals surface area contributed by atoms with Crippen molar-refractivity contribution in [2.45, 2.75) is 32.4 Å². The zero-order valence-corrected chi connectivity index (χ0v) is 16.5. The summed E-state index contributed by atoms with van der Waals surface area (Å²) in [6.07, 6.45) is 1.37. The average molecular weight is 384 g/mol. The Bertz CT molecular complexity index is 1030. The van der Waals surface area contributed by atoms with Gasteiger partial charge in [0.25, 0.3) is 5.91 Å². The van der Waals surface area contributed by atoms with E-state index in [0.717, 1.165) is 28.8 Å². The number of aryl methyl sites for hydroxylation is 1. The molecule has 3 aromatic rings. The van der Waals surface area contributed by atoms with Gasteiger partial charge >= 0.3 is 0 Å². The molecule has 4 heteroatoms. The van der Waals surface area contributed by atoms with E-state index < -0.39 is 6.04 Å². The Labute approximate surface area is 171 Å². The topological polar surface area (TPSA) is 49.4 Å². The molecule has 0 fully saturated rings. The van der Waals surface area contributed by atoms with Gasteiger partial charge in [-0.1, -0.05) is 67.6 Å². The van der Waals surface area contributed by atoms with Crippen molar-refractivity contribution in [3.05, 3.63) is 101 Å². The van der Waals surface area contributed by atoms with E-state index in [0.29, 0.717) is 18.5 Å². The first-order valence-corrected chi connectivity index (χ1v) is 9.98. The van der Waals surface area contributed by atoms with Gasteiger partial charge in [-0.15, -0.1) is 0 Å². The number of anilines is 1. The predicted octanol–water partition coefficient (Wildman–Crippen LogP) is 4.45. The molecule has 4 nitrogen and oxygen atoms in total. The molecule has 0 spiro atoms. The zero-order valence-electron chi connectivity index (χ0n) is 16.5. The summed E-state index contributed by atoms with van der Waals surface area (Å²) in [6.45, 7) is 2.54. The van der Waals surface area contributed by atoms with Gasteiger partial charge in [0, 0.05) is 24.2 Å². The van der Waals surface area contributed by atoms with Gasteiger partial charge in [0.05, 0.1) is 0 Å². The standard InChI is InChI=1S/C25H24N2O2/c1-2-18-11-8-13-21(15-18)26-24(28)23(16-19-9-4-3-5-10-19)27-17-20-12-6-7-14-22(20)25(27)29/h3-15,23H,2,16-17H2,1H3,(H,26,28)/t23-/m1/s1. The second kappa shape index (κ2) is 8.31. The van der Waals surface area contributed by atoms with E-state index in [1.54, 1.807) is 4.90 Å². The number of amides is 2. The monoisotopic (exact) mass is 384 g/mol. The van der Waals surface area contributed by atoms with Gasteiger partial charge in [0.15, 0.2) is 0 Å². The molecule has 0 bridgehead atoms. The van der Waals surface area contributed by atoms with Crippen molar-refractivity contribution in [2.75, 3.05) is 5.32 Å². The van der Waals surface area contributed by atoms with Gasteiger partial charge < -0.3 is 10.2 Å². The van der Waals surface area contributed by atoms with Crippen molar-refractivity contribution < 1.29 is 9.59 Å². The molecule has 1 atom stereocenters. The summed E-state index contributed by atoms with van der Waals surface area (Å²) in [5.41, 5.74) is 4.60. The molecular weight excluding hydrogens is 360 g/mol. The van der Waals surface area contributed by atoms with Crippen molar-refractivity contribution in [1.82, 2.24) is 4.90 Å². The van der Waals surface area contributed by atoms with E-state index in [1.165, 1.54) is 0 Å². The normalized spacial score (nSPS) is 13.8. The highest BCUT2D eigenvalue weighted by molar-refractivity contribution is 6.03. The molecular formula is C25H24N2O2. The van der Waals surface area contributed by atoms with Crippen LogP contribution >= 0.6 is 0 Å². The Morgan fingerprint density at radius 1 is 0.966 bits per heavy atom. The summed E-state index contributed by atoms with van der Waals surface area (Å²) < 4.78 is 0. The lowest BCUT2D eigenvalue weighted by atomic mass is 10.0. The Balaban J connectivity index is 1.62. The third-order valence-electron chi connectivity index (χ3n) is 5.40. The summed E-state index contributed by atoms with van der Waals surface area (Å²) >= 11 is 0. The van der Waals surface area contributed by atoms with Crippen LogP contribution in [0.15, 0.2) is 78.9 Å². The molecule has 2 amide bonds. The summed E-state index contributed by atoms with van der Waals surface area (Å²) in [5, 5.41) is 3.03. The van der Waals surface area contributed by atoms with Crippen LogP contribution in [0.3, 0.4) is 0 Å². The second-order valence-electron chi connectivity index (χ2n) is 7.34. The third-order valence-corrected chi connectivity index (χ3v) is 5.40. The number of fused-ring (bicyclic) bond motifs is 1. The fourth-order valence-corrected chi connectivity index (χ4v) is 3.80. The highest BCUT2D eigenvalue weighted by atomic mass is 16.2. The molecule has 0 saturated carbocycles. The molecule has 29 heavy (non-hydrogen) atoms. The first-order chi connectivity index (χ1) is 14.2. The van der Waals surface area contributed by atoms with Crippen LogP contribution in [0.2, 0.25) is 0 Å². The van der Waals surface area contributed by atoms with Crippen LogP contribution in [0.4, 0.5) is 5.69 Å². The molecule has 0 unspecified atom stereocenters. The predicted molar refractivity (Wildman–Crippen MR) is 115 cm³/mol. The van der Waals surface area contributed by atoms with Crippen LogP contribution in [0.5, 0.6) is 0 Å². The Kier molecular flexibility index (Phi) is 5.43. The highest BCUT2D eigenvalue weighted by Gasteiger charge is 2.36. The molecule has 0 radical (unpaired) electrons. The average Bonchev–Trinajstić information content (AvgIpc) is 3.09. The summed E-state index contributed by atoms with van der Waals surface area (Å²) in [7, 11) is 0. The lowest BCUT2D eigenvalue weighted by Gasteiger charge is -2.27. The van der Waals surface area contributed by atoms with E-state index in [1.807, 2.05) is 78.9 Å². The van der Waals surface area contributed by atoms with Crippen LogP contribution < -0.4 is 5.32 Å². The van der Waals surface area contributed by atoms with Crippen molar-refractivity contribution in [1.29, 1.82) is 0 Å². The molecule has 3 aromatic carbocycles. The van der Waals surface area contributed by atoms with Gasteiger partial charge in [-0.3, -0.25) is 9.59 Å².